The van der Waals surface area contributed by atoms with E-state index in [1.165, 1.54) is 22.9 Å². The Balaban J connectivity index is 1.27. The molecule has 2 aliphatic rings. The lowest BCUT2D eigenvalue weighted by atomic mass is 10.00. The quantitative estimate of drug-likeness (QED) is 0.423. The van der Waals surface area contributed by atoms with Crippen LogP contribution in [0.3, 0.4) is 0 Å². The minimum atomic E-state index is 0.119. The standard InChI is InChI=1S/C26H27ClN4O2S/c27-22-10-8-21(9-11-22)25-28-29-26(31(25)17-23-7-4-16-33-23)34-18-24(32)30-14-12-20(13-15-30)19-5-2-1-3-6-19/h1-3,5-6,8-12,23H,4,7,13-18H2/t23-/m1/s1. The first-order valence-electron chi connectivity index (χ1n) is 11.6. The highest BCUT2D eigenvalue weighted by Crippen LogP contribution is 2.28. The molecule has 0 bridgehead atoms. The molecule has 0 radical (unpaired) electrons. The highest BCUT2D eigenvalue weighted by atomic mass is 35.5. The molecule has 0 unspecified atom stereocenters. The van der Waals surface area contributed by atoms with Gasteiger partial charge in [0.1, 0.15) is 0 Å². The molecular weight excluding hydrogens is 468 g/mol. The van der Waals surface area contributed by atoms with Crippen molar-refractivity contribution in [2.45, 2.75) is 37.1 Å². The van der Waals surface area contributed by atoms with Crippen LogP contribution in [0.2, 0.25) is 5.02 Å². The van der Waals surface area contributed by atoms with Crippen molar-refractivity contribution >= 4 is 34.8 Å². The molecule has 3 aromatic rings. The molecule has 3 heterocycles. The van der Waals surface area contributed by atoms with E-state index in [2.05, 4.69) is 45.1 Å². The van der Waals surface area contributed by atoms with Gasteiger partial charge < -0.3 is 9.64 Å². The molecule has 1 fully saturated rings. The van der Waals surface area contributed by atoms with Crippen molar-refractivity contribution < 1.29 is 9.53 Å². The number of aromatic nitrogens is 3. The summed E-state index contributed by atoms with van der Waals surface area (Å²) in [6, 6.07) is 18.0. The predicted molar refractivity (Wildman–Crippen MR) is 136 cm³/mol. The van der Waals surface area contributed by atoms with Crippen LogP contribution in [0.15, 0.2) is 65.8 Å². The molecule has 0 spiro atoms. The molecule has 8 heteroatoms. The van der Waals surface area contributed by atoms with Gasteiger partial charge in [0.15, 0.2) is 11.0 Å². The van der Waals surface area contributed by atoms with Crippen LogP contribution in [-0.2, 0) is 16.1 Å². The Kier molecular flexibility index (Phi) is 7.33. The molecule has 1 saturated heterocycles. The Labute approximate surface area is 209 Å². The summed E-state index contributed by atoms with van der Waals surface area (Å²) in [5, 5.41) is 10.3. The first-order chi connectivity index (χ1) is 16.7. The lowest BCUT2D eigenvalue weighted by Gasteiger charge is -2.26. The molecule has 0 aliphatic carbocycles. The molecule has 2 aliphatic heterocycles. The van der Waals surface area contributed by atoms with E-state index in [1.54, 1.807) is 0 Å². The van der Waals surface area contributed by atoms with E-state index < -0.39 is 0 Å². The van der Waals surface area contributed by atoms with Gasteiger partial charge in [-0.1, -0.05) is 59.8 Å². The van der Waals surface area contributed by atoms with E-state index in [-0.39, 0.29) is 12.0 Å². The Hall–Kier alpha value is -2.61. The number of thioether (sulfide) groups is 1. The second-order valence-electron chi connectivity index (χ2n) is 8.53. The predicted octanol–water partition coefficient (Wildman–Crippen LogP) is 5.19. The van der Waals surface area contributed by atoms with E-state index in [4.69, 9.17) is 16.3 Å². The van der Waals surface area contributed by atoms with Gasteiger partial charge in [-0.15, -0.1) is 10.2 Å². The summed E-state index contributed by atoms with van der Waals surface area (Å²) < 4.78 is 7.95. The molecule has 5 rings (SSSR count). The second kappa shape index (κ2) is 10.8. The molecule has 176 valence electrons. The molecule has 2 aromatic carbocycles. The molecule has 0 saturated carbocycles. The van der Waals surface area contributed by atoms with Gasteiger partial charge in [0.25, 0.3) is 0 Å². The van der Waals surface area contributed by atoms with Gasteiger partial charge in [-0.25, -0.2) is 0 Å². The molecule has 1 aromatic heterocycles. The number of nitrogens with zero attached hydrogens (tertiary/aromatic N) is 4. The zero-order chi connectivity index (χ0) is 23.3. The van der Waals surface area contributed by atoms with Crippen LogP contribution < -0.4 is 0 Å². The van der Waals surface area contributed by atoms with E-state index in [0.29, 0.717) is 23.9 Å². The average molecular weight is 495 g/mol. The van der Waals surface area contributed by atoms with Crippen LogP contribution in [0.4, 0.5) is 0 Å². The van der Waals surface area contributed by atoms with E-state index in [9.17, 15) is 4.79 Å². The molecule has 1 atom stereocenters. The topological polar surface area (TPSA) is 60.3 Å². The second-order valence-corrected chi connectivity index (χ2v) is 9.91. The first-order valence-corrected chi connectivity index (χ1v) is 13.0. The number of carbonyl (C=O) groups is 1. The summed E-state index contributed by atoms with van der Waals surface area (Å²) in [5.41, 5.74) is 3.49. The van der Waals surface area contributed by atoms with Crippen molar-refractivity contribution in [3.05, 3.63) is 71.3 Å². The van der Waals surface area contributed by atoms with Crippen LogP contribution in [0.25, 0.3) is 17.0 Å². The summed E-state index contributed by atoms with van der Waals surface area (Å²) in [5.74, 6) is 1.22. The van der Waals surface area contributed by atoms with Gasteiger partial charge in [-0.2, -0.15) is 0 Å². The molecule has 34 heavy (non-hydrogen) atoms. The molecule has 1 amide bonds. The Morgan fingerprint density at radius 3 is 2.62 bits per heavy atom. The van der Waals surface area contributed by atoms with Crippen LogP contribution in [0.1, 0.15) is 24.8 Å². The number of rotatable bonds is 7. The van der Waals surface area contributed by atoms with Gasteiger partial charge >= 0.3 is 0 Å². The number of amides is 1. The first kappa shape index (κ1) is 23.1. The van der Waals surface area contributed by atoms with Crippen LogP contribution in [-0.4, -0.2) is 57.1 Å². The monoisotopic (exact) mass is 494 g/mol. The Morgan fingerprint density at radius 2 is 1.91 bits per heavy atom. The summed E-state index contributed by atoms with van der Waals surface area (Å²) in [4.78, 5) is 14.9. The maximum atomic E-state index is 13.0. The van der Waals surface area contributed by atoms with Crippen molar-refractivity contribution in [3.8, 4) is 11.4 Å². The number of ether oxygens (including phenoxy) is 1. The fourth-order valence-electron chi connectivity index (χ4n) is 4.39. The van der Waals surface area contributed by atoms with Crippen molar-refractivity contribution in [3.63, 3.8) is 0 Å². The van der Waals surface area contributed by atoms with Crippen LogP contribution >= 0.6 is 23.4 Å². The van der Waals surface area contributed by atoms with Gasteiger partial charge in [0, 0.05) is 30.3 Å². The third kappa shape index (κ3) is 5.37. The number of benzene rings is 2. The molecule has 6 nitrogen and oxygen atoms in total. The Bertz CT molecular complexity index is 1160. The number of hydrogen-bond donors (Lipinski definition) is 0. The van der Waals surface area contributed by atoms with Gasteiger partial charge in [-0.3, -0.25) is 9.36 Å². The number of carbonyl (C=O) groups excluding carboxylic acids is 1. The summed E-state index contributed by atoms with van der Waals surface area (Å²) >= 11 is 7.51. The highest BCUT2D eigenvalue weighted by Gasteiger charge is 2.24. The van der Waals surface area contributed by atoms with Crippen molar-refractivity contribution in [2.24, 2.45) is 0 Å². The van der Waals surface area contributed by atoms with Crippen LogP contribution in [0, 0.1) is 0 Å². The minimum absolute atomic E-state index is 0.119. The summed E-state index contributed by atoms with van der Waals surface area (Å²) in [7, 11) is 0. The molecule has 0 N–H and O–H groups in total. The summed E-state index contributed by atoms with van der Waals surface area (Å²) in [6.45, 7) is 2.84. The van der Waals surface area contributed by atoms with E-state index in [0.717, 1.165) is 49.0 Å². The van der Waals surface area contributed by atoms with Gasteiger partial charge in [0.2, 0.25) is 5.91 Å². The largest absolute Gasteiger partial charge is 0.376 e. The van der Waals surface area contributed by atoms with Crippen molar-refractivity contribution in [1.82, 2.24) is 19.7 Å². The third-order valence-corrected chi connectivity index (χ3v) is 7.46. The van der Waals surface area contributed by atoms with E-state index in [1.807, 2.05) is 35.2 Å². The molecular formula is C26H27ClN4O2S. The van der Waals surface area contributed by atoms with E-state index >= 15 is 0 Å². The zero-order valence-corrected chi connectivity index (χ0v) is 20.5. The number of hydrogen-bond acceptors (Lipinski definition) is 5. The fourth-order valence-corrected chi connectivity index (χ4v) is 5.37. The smallest absolute Gasteiger partial charge is 0.233 e. The zero-order valence-electron chi connectivity index (χ0n) is 18.9. The highest BCUT2D eigenvalue weighted by molar-refractivity contribution is 7.99. The summed E-state index contributed by atoms with van der Waals surface area (Å²) in [6.07, 6.45) is 5.26. The van der Waals surface area contributed by atoms with Crippen molar-refractivity contribution in [1.29, 1.82) is 0 Å². The third-order valence-electron chi connectivity index (χ3n) is 6.26. The normalized spacial score (nSPS) is 18.2. The minimum Gasteiger partial charge on any atom is -0.376 e. The SMILES string of the molecule is O=C(CSc1nnc(-c2ccc(Cl)cc2)n1C[C@H]1CCCO1)N1CC=C(c2ccccc2)CC1. The maximum absolute atomic E-state index is 13.0. The van der Waals surface area contributed by atoms with Gasteiger partial charge in [0.05, 0.1) is 18.4 Å². The van der Waals surface area contributed by atoms with Crippen molar-refractivity contribution in [2.75, 3.05) is 25.4 Å². The lowest BCUT2D eigenvalue weighted by Crippen LogP contribution is -2.36. The lowest BCUT2D eigenvalue weighted by molar-refractivity contribution is -0.127. The van der Waals surface area contributed by atoms with Crippen LogP contribution in [0.5, 0.6) is 0 Å². The number of halogens is 1. The maximum Gasteiger partial charge on any atom is 0.233 e. The van der Waals surface area contributed by atoms with Gasteiger partial charge in [-0.05, 0) is 54.7 Å². The Morgan fingerprint density at radius 1 is 1.09 bits per heavy atom. The average Bonchev–Trinajstić information content (AvgIpc) is 3.54. The fraction of sp³-hybridized carbons (Fsp3) is 0.346.